The summed E-state index contributed by atoms with van der Waals surface area (Å²) >= 11 is 0. The molecule has 12 heteroatoms. The Labute approximate surface area is 290 Å². The predicted molar refractivity (Wildman–Crippen MR) is 185 cm³/mol. The molecular weight excluding hydrogens is 625 g/mol. The molecule has 6 atom stereocenters. The lowest BCUT2D eigenvalue weighted by atomic mass is 9.72. The fraction of sp³-hybridized carbons (Fsp3) is 0.676. The van der Waals surface area contributed by atoms with Crippen molar-refractivity contribution in [2.24, 2.45) is 5.92 Å². The third kappa shape index (κ3) is 6.63. The second-order valence-corrected chi connectivity index (χ2v) is 14.4. The third-order valence-corrected chi connectivity index (χ3v) is 11.6. The molecule has 4 aliphatic heterocycles. The first-order chi connectivity index (χ1) is 23.7. The Morgan fingerprint density at radius 1 is 1.22 bits per heavy atom. The average molecular weight is 679 g/mol. The Hall–Kier alpha value is -3.37. The van der Waals surface area contributed by atoms with Crippen molar-refractivity contribution in [2.45, 2.75) is 95.4 Å². The van der Waals surface area contributed by atoms with Gasteiger partial charge >= 0.3 is 6.35 Å². The van der Waals surface area contributed by atoms with Gasteiger partial charge in [0.25, 0.3) is 5.91 Å². The van der Waals surface area contributed by atoms with Crippen molar-refractivity contribution in [2.75, 3.05) is 64.9 Å². The number of rotatable bonds is 10. The smallest absolute Gasteiger partial charge is 0.323 e. The van der Waals surface area contributed by atoms with E-state index in [0.29, 0.717) is 63.0 Å². The minimum absolute atomic E-state index is 0.0649. The van der Waals surface area contributed by atoms with Gasteiger partial charge in [0.1, 0.15) is 18.1 Å². The van der Waals surface area contributed by atoms with Crippen LogP contribution in [0.3, 0.4) is 0 Å². The molecule has 6 rings (SSSR count). The number of piperazine rings is 1. The van der Waals surface area contributed by atoms with Crippen molar-refractivity contribution in [1.29, 1.82) is 5.26 Å². The highest BCUT2D eigenvalue weighted by molar-refractivity contribution is 6.05. The lowest BCUT2D eigenvalue weighted by Crippen LogP contribution is -2.72. The molecule has 0 bridgehead atoms. The topological polar surface area (TPSA) is 95.6 Å². The molecule has 3 unspecified atom stereocenters. The van der Waals surface area contributed by atoms with E-state index in [2.05, 4.69) is 52.8 Å². The number of fused-ring (bicyclic) bond motifs is 2. The number of carbonyl (C=O) groups is 2. The first-order valence-electron chi connectivity index (χ1n) is 18.2. The van der Waals surface area contributed by atoms with E-state index in [1.54, 1.807) is 22.9 Å². The fourth-order valence-corrected chi connectivity index (χ4v) is 8.94. The van der Waals surface area contributed by atoms with E-state index in [1.165, 1.54) is 18.2 Å². The highest BCUT2D eigenvalue weighted by Crippen LogP contribution is 2.47. The van der Waals surface area contributed by atoms with Gasteiger partial charge in [0.2, 0.25) is 5.91 Å². The molecule has 1 aromatic rings. The van der Waals surface area contributed by atoms with Gasteiger partial charge in [-0.1, -0.05) is 26.8 Å². The molecule has 1 saturated carbocycles. The van der Waals surface area contributed by atoms with Crippen molar-refractivity contribution in [1.82, 2.24) is 19.6 Å². The summed E-state index contributed by atoms with van der Waals surface area (Å²) in [5.41, 5.74) is 0.560. The number of anilines is 1. The molecule has 11 nitrogen and oxygen atoms in total. The molecule has 1 aliphatic carbocycles. The number of hydrogen-bond acceptors (Lipinski definition) is 8. The summed E-state index contributed by atoms with van der Waals surface area (Å²) < 4.78 is 30.5. The van der Waals surface area contributed by atoms with Gasteiger partial charge in [0, 0.05) is 51.8 Å². The molecule has 266 valence electrons. The lowest BCUT2D eigenvalue weighted by molar-refractivity contribution is -0.655. The van der Waals surface area contributed by atoms with Crippen molar-refractivity contribution in [3.63, 3.8) is 0 Å². The molecule has 49 heavy (non-hydrogen) atoms. The molecule has 1 spiro atoms. The summed E-state index contributed by atoms with van der Waals surface area (Å²) in [6.45, 7) is 13.0. The zero-order valence-corrected chi connectivity index (χ0v) is 29.7. The number of nitriles is 1. The number of hydrogen-bond donors (Lipinski definition) is 0. The number of ether oxygens (including phenoxy) is 2. The molecule has 2 saturated heterocycles. The van der Waals surface area contributed by atoms with Crippen LogP contribution in [-0.2, 0) is 14.3 Å². The molecule has 0 N–H and O–H groups in total. The second-order valence-electron chi connectivity index (χ2n) is 14.4. The molecule has 1 aromatic carbocycles. The number of amides is 2. The van der Waals surface area contributed by atoms with Crippen molar-refractivity contribution >= 4 is 23.2 Å². The molecule has 5 aliphatic rings. The maximum absolute atomic E-state index is 14.5. The summed E-state index contributed by atoms with van der Waals surface area (Å²) in [6, 6.07) is 6.74. The summed E-state index contributed by atoms with van der Waals surface area (Å²) in [5.74, 6) is -0.202. The normalized spacial score (nSPS) is 31.0. The number of carbonyl (C=O) groups excluding carboxylic acids is 2. The van der Waals surface area contributed by atoms with Crippen LogP contribution in [-0.4, -0.2) is 132 Å². The van der Waals surface area contributed by atoms with Crippen LogP contribution in [0.5, 0.6) is 5.75 Å². The fourth-order valence-electron chi connectivity index (χ4n) is 8.94. The van der Waals surface area contributed by atoms with Crippen LogP contribution in [0, 0.1) is 23.1 Å². The number of benzene rings is 1. The Bertz CT molecular complexity index is 1500. The van der Waals surface area contributed by atoms with E-state index < -0.39 is 11.4 Å². The van der Waals surface area contributed by atoms with E-state index in [1.807, 2.05) is 0 Å². The van der Waals surface area contributed by atoms with Gasteiger partial charge in [-0.25, -0.2) is 9.29 Å². The minimum atomic E-state index is -1.15. The summed E-state index contributed by atoms with van der Waals surface area (Å²) in [7, 11) is 3.91. The van der Waals surface area contributed by atoms with Crippen LogP contribution in [0.2, 0.25) is 0 Å². The van der Waals surface area contributed by atoms with Crippen LogP contribution in [0.1, 0.15) is 65.2 Å². The maximum atomic E-state index is 14.5. The van der Waals surface area contributed by atoms with Crippen LogP contribution in [0.4, 0.5) is 10.1 Å². The van der Waals surface area contributed by atoms with Gasteiger partial charge in [-0.2, -0.15) is 9.84 Å². The standard InChI is InChI=1S/C37H53FN7O4/c1-6-9-19-45-31-23-37(35(47)41(5)30-13-12-26(38)22-32(30)49-37)16-14-29(31)34(42-20-21-44(33(46)7-2)27(24-42)15-17-39)43(8-3)36(45)48-25-28-11-10-18-40(28)4/h7,12-13,22,27-29,34,36H,2,6,8-11,14-16,18-21,23-25H2,1,3-5H3/q+1/t27-,28+,29?,34?,36?,37-/m1/s1. The minimum Gasteiger partial charge on any atom is -0.475 e. The van der Waals surface area contributed by atoms with Gasteiger partial charge in [-0.3, -0.25) is 14.5 Å². The number of likely N-dealkylation sites (tertiary alicyclic amines) is 1. The van der Waals surface area contributed by atoms with Crippen LogP contribution >= 0.6 is 0 Å². The SMILES string of the molecule is C=CC(=O)N1CCN(C2C3CC[C@]4(CC3=[N+](CCCC)C(OC[C@@H]3CCCN3C)N2CC)Oc2cc(F)ccc2N(C)C4=O)C[C@H]1CC#N. The van der Waals surface area contributed by atoms with Gasteiger partial charge in [0.15, 0.2) is 11.3 Å². The highest BCUT2D eigenvalue weighted by Gasteiger charge is 2.60. The molecular formula is C37H53FN7O4+. The average Bonchev–Trinajstić information content (AvgIpc) is 3.52. The Morgan fingerprint density at radius 2 is 2.04 bits per heavy atom. The Balaban J connectivity index is 1.42. The Morgan fingerprint density at radius 3 is 2.73 bits per heavy atom. The summed E-state index contributed by atoms with van der Waals surface area (Å²) in [6.07, 6.45) is 6.93. The van der Waals surface area contributed by atoms with Gasteiger partial charge in [-0.05, 0) is 57.5 Å². The summed E-state index contributed by atoms with van der Waals surface area (Å²) in [5, 5.41) is 9.75. The molecule has 4 heterocycles. The Kier molecular flexibility index (Phi) is 10.7. The number of unbranched alkanes of at least 4 members (excludes halogenated alkanes) is 1. The van der Waals surface area contributed by atoms with Crippen molar-refractivity contribution in [3.8, 4) is 11.8 Å². The van der Waals surface area contributed by atoms with E-state index in [-0.39, 0.29) is 42.7 Å². The van der Waals surface area contributed by atoms with E-state index in [0.717, 1.165) is 51.0 Å². The van der Waals surface area contributed by atoms with E-state index >= 15 is 0 Å². The van der Waals surface area contributed by atoms with Crippen molar-refractivity contribution in [3.05, 3.63) is 36.7 Å². The van der Waals surface area contributed by atoms with Crippen molar-refractivity contribution < 1.29 is 28.0 Å². The number of halogens is 1. The lowest BCUT2D eigenvalue weighted by Gasteiger charge is -2.54. The quantitative estimate of drug-likeness (QED) is 0.274. The number of likely N-dealkylation sites (N-methyl/N-ethyl adjacent to an activating group) is 2. The largest absolute Gasteiger partial charge is 0.475 e. The molecule has 0 radical (unpaired) electrons. The van der Waals surface area contributed by atoms with Gasteiger partial charge in [0.05, 0.1) is 49.3 Å². The van der Waals surface area contributed by atoms with E-state index in [4.69, 9.17) is 9.47 Å². The predicted octanol–water partition coefficient (Wildman–Crippen LogP) is 3.64. The second kappa shape index (κ2) is 14.9. The first-order valence-corrected chi connectivity index (χ1v) is 18.2. The number of nitrogens with zero attached hydrogens (tertiary/aromatic N) is 7. The summed E-state index contributed by atoms with van der Waals surface area (Å²) in [4.78, 5) is 37.8. The van der Waals surface area contributed by atoms with Gasteiger partial charge in [-0.15, -0.1) is 0 Å². The molecule has 2 amide bonds. The maximum Gasteiger partial charge on any atom is 0.323 e. The van der Waals surface area contributed by atoms with Crippen LogP contribution in [0.15, 0.2) is 30.9 Å². The molecule has 3 fully saturated rings. The van der Waals surface area contributed by atoms with E-state index in [9.17, 15) is 19.2 Å². The highest BCUT2D eigenvalue weighted by atomic mass is 19.1. The first kappa shape index (κ1) is 35.5. The van der Waals surface area contributed by atoms with Gasteiger partial charge < -0.3 is 24.2 Å². The molecule has 0 aromatic heterocycles. The monoisotopic (exact) mass is 678 g/mol. The zero-order valence-electron chi connectivity index (χ0n) is 29.7. The van der Waals surface area contributed by atoms with Crippen LogP contribution in [0.25, 0.3) is 0 Å². The zero-order chi connectivity index (χ0) is 34.9. The van der Waals surface area contributed by atoms with Crippen LogP contribution < -0.4 is 9.64 Å². The third-order valence-electron chi connectivity index (χ3n) is 11.6.